The molecule has 0 saturated heterocycles. The van der Waals surface area contributed by atoms with Gasteiger partial charge in [-0.05, 0) is 25.1 Å². The van der Waals surface area contributed by atoms with Crippen LogP contribution in [0.5, 0.6) is 0 Å². The first-order chi connectivity index (χ1) is 11.2. The van der Waals surface area contributed by atoms with Gasteiger partial charge in [-0.25, -0.2) is 4.98 Å². The normalized spacial score (nSPS) is 12.9. The van der Waals surface area contributed by atoms with Crippen molar-refractivity contribution in [1.29, 1.82) is 0 Å². The molecule has 24 heavy (non-hydrogen) atoms. The summed E-state index contributed by atoms with van der Waals surface area (Å²) < 4.78 is 40.7. The van der Waals surface area contributed by atoms with Crippen LogP contribution in [0.3, 0.4) is 0 Å². The Bertz CT molecular complexity index is 737. The molecular formula is C14H11Cl2F3N2O2S. The maximum atomic E-state index is 12.1. The first kappa shape index (κ1) is 19.0. The van der Waals surface area contributed by atoms with Gasteiger partial charge in [-0.2, -0.15) is 13.2 Å². The van der Waals surface area contributed by atoms with Crippen LogP contribution in [0.15, 0.2) is 23.6 Å². The first-order valence-corrected chi connectivity index (χ1v) is 8.19. The number of carbonyl (C=O) groups excluding carboxylic acids is 1. The van der Waals surface area contributed by atoms with Crippen molar-refractivity contribution in [2.75, 3.05) is 11.9 Å². The third-order valence-electron chi connectivity index (χ3n) is 2.81. The highest BCUT2D eigenvalue weighted by molar-refractivity contribution is 7.14. The van der Waals surface area contributed by atoms with Gasteiger partial charge in [0.05, 0.1) is 10.7 Å². The molecule has 2 rings (SSSR count). The summed E-state index contributed by atoms with van der Waals surface area (Å²) in [6, 6.07) is 4.89. The summed E-state index contributed by atoms with van der Waals surface area (Å²) in [6.07, 6.45) is -5.76. The number of halogens is 5. The van der Waals surface area contributed by atoms with E-state index in [1.165, 1.54) is 6.92 Å². The van der Waals surface area contributed by atoms with Gasteiger partial charge in [-0.3, -0.25) is 10.1 Å². The molecule has 1 aromatic carbocycles. The van der Waals surface area contributed by atoms with E-state index in [0.717, 1.165) is 11.3 Å². The molecule has 0 spiro atoms. The van der Waals surface area contributed by atoms with E-state index >= 15 is 0 Å². The van der Waals surface area contributed by atoms with Crippen molar-refractivity contribution in [1.82, 2.24) is 4.98 Å². The number of thiazole rings is 1. The van der Waals surface area contributed by atoms with Crippen molar-refractivity contribution in [3.8, 4) is 11.3 Å². The standard InChI is InChI=1S/C14H11Cl2F3N2O2S/c1-7(23-6-14(17,18)19)12(22)21-13-20-11(5-24-13)9-3-2-8(15)4-10(9)16/h2-5,7H,6H2,1H3,(H,20,21,22). The number of ether oxygens (including phenoxy) is 1. The van der Waals surface area contributed by atoms with Crippen LogP contribution in [0.1, 0.15) is 6.92 Å². The molecule has 1 atom stereocenters. The summed E-state index contributed by atoms with van der Waals surface area (Å²) in [5.41, 5.74) is 1.14. The van der Waals surface area contributed by atoms with Crippen LogP contribution in [0.25, 0.3) is 11.3 Å². The third kappa shape index (κ3) is 5.34. The Morgan fingerprint density at radius 1 is 1.42 bits per heavy atom. The van der Waals surface area contributed by atoms with Crippen molar-refractivity contribution in [2.45, 2.75) is 19.2 Å². The SMILES string of the molecule is CC(OCC(F)(F)F)C(=O)Nc1nc(-c2ccc(Cl)cc2Cl)cs1. The van der Waals surface area contributed by atoms with Crippen molar-refractivity contribution >= 4 is 45.6 Å². The highest BCUT2D eigenvalue weighted by atomic mass is 35.5. The fraction of sp³-hybridized carbons (Fsp3) is 0.286. The van der Waals surface area contributed by atoms with Gasteiger partial charge in [0.1, 0.15) is 12.7 Å². The molecule has 0 radical (unpaired) electrons. The van der Waals surface area contributed by atoms with Gasteiger partial charge in [0.25, 0.3) is 5.91 Å². The summed E-state index contributed by atoms with van der Waals surface area (Å²) in [4.78, 5) is 16.0. The van der Waals surface area contributed by atoms with Gasteiger partial charge >= 0.3 is 6.18 Å². The zero-order valence-corrected chi connectivity index (χ0v) is 14.5. The van der Waals surface area contributed by atoms with Gasteiger partial charge in [0, 0.05) is 16.0 Å². The maximum absolute atomic E-state index is 12.1. The topological polar surface area (TPSA) is 51.2 Å². The largest absolute Gasteiger partial charge is 0.411 e. The molecule has 1 aromatic heterocycles. The molecule has 0 aliphatic heterocycles. The van der Waals surface area contributed by atoms with Gasteiger partial charge in [0.2, 0.25) is 0 Å². The number of alkyl halides is 3. The van der Waals surface area contributed by atoms with Gasteiger partial charge in [-0.15, -0.1) is 11.3 Å². The fourth-order valence-corrected chi connectivity index (χ4v) is 2.87. The zero-order chi connectivity index (χ0) is 17.9. The van der Waals surface area contributed by atoms with Crippen LogP contribution in [0.2, 0.25) is 10.0 Å². The first-order valence-electron chi connectivity index (χ1n) is 6.56. The molecule has 10 heteroatoms. The monoisotopic (exact) mass is 398 g/mol. The van der Waals surface area contributed by atoms with Crippen molar-refractivity contribution in [3.63, 3.8) is 0 Å². The lowest BCUT2D eigenvalue weighted by molar-refractivity contribution is -0.184. The molecule has 4 nitrogen and oxygen atoms in total. The number of benzene rings is 1. The minimum absolute atomic E-state index is 0.225. The molecule has 1 heterocycles. The van der Waals surface area contributed by atoms with Crippen LogP contribution in [-0.4, -0.2) is 29.8 Å². The van der Waals surface area contributed by atoms with Crippen molar-refractivity contribution in [3.05, 3.63) is 33.6 Å². The molecule has 130 valence electrons. The molecule has 0 fully saturated rings. The molecule has 0 bridgehead atoms. The minimum atomic E-state index is -4.49. The average molecular weight is 399 g/mol. The third-order valence-corrected chi connectivity index (χ3v) is 4.11. The Kier molecular flexibility index (Phi) is 6.08. The second kappa shape index (κ2) is 7.69. The number of nitrogens with zero attached hydrogens (tertiary/aromatic N) is 1. The highest BCUT2D eigenvalue weighted by Gasteiger charge is 2.30. The molecule has 1 N–H and O–H groups in total. The number of carbonyl (C=O) groups is 1. The summed E-state index contributed by atoms with van der Waals surface area (Å²) in [7, 11) is 0. The lowest BCUT2D eigenvalue weighted by Gasteiger charge is -2.13. The molecular weight excluding hydrogens is 388 g/mol. The Labute approximate surface area is 149 Å². The quantitative estimate of drug-likeness (QED) is 0.768. The second-order valence-electron chi connectivity index (χ2n) is 4.72. The van der Waals surface area contributed by atoms with Crippen molar-refractivity contribution in [2.24, 2.45) is 0 Å². The maximum Gasteiger partial charge on any atom is 0.411 e. The van der Waals surface area contributed by atoms with E-state index < -0.39 is 24.8 Å². The van der Waals surface area contributed by atoms with E-state index in [1.54, 1.807) is 23.6 Å². The van der Waals surface area contributed by atoms with Crippen LogP contribution >= 0.6 is 34.5 Å². The van der Waals surface area contributed by atoms with Crippen LogP contribution < -0.4 is 5.32 Å². The van der Waals surface area contributed by atoms with E-state index in [4.69, 9.17) is 23.2 Å². The number of nitrogens with one attached hydrogen (secondary N) is 1. The minimum Gasteiger partial charge on any atom is -0.359 e. The molecule has 0 saturated carbocycles. The number of anilines is 1. The number of hydrogen-bond donors (Lipinski definition) is 1. The van der Waals surface area contributed by atoms with Gasteiger partial charge in [-0.1, -0.05) is 23.2 Å². The lowest BCUT2D eigenvalue weighted by Crippen LogP contribution is -2.31. The Balaban J connectivity index is 2.02. The van der Waals surface area contributed by atoms with E-state index in [9.17, 15) is 18.0 Å². The Hall–Kier alpha value is -1.35. The van der Waals surface area contributed by atoms with Gasteiger partial charge < -0.3 is 4.74 Å². The predicted octanol–water partition coefficient (Wildman–Crippen LogP) is 5.02. The van der Waals surface area contributed by atoms with Crippen molar-refractivity contribution < 1.29 is 22.7 Å². The smallest absolute Gasteiger partial charge is 0.359 e. The highest BCUT2D eigenvalue weighted by Crippen LogP contribution is 2.32. The summed E-state index contributed by atoms with van der Waals surface area (Å²) >= 11 is 13.0. The van der Waals surface area contributed by atoms with E-state index in [0.29, 0.717) is 21.3 Å². The second-order valence-corrected chi connectivity index (χ2v) is 6.42. The van der Waals surface area contributed by atoms with Crippen LogP contribution in [0, 0.1) is 0 Å². The zero-order valence-electron chi connectivity index (χ0n) is 12.2. The summed E-state index contributed by atoms with van der Waals surface area (Å²) in [6.45, 7) is -0.267. The predicted molar refractivity (Wildman–Crippen MR) is 87.7 cm³/mol. The average Bonchev–Trinajstić information content (AvgIpc) is 2.92. The lowest BCUT2D eigenvalue weighted by atomic mass is 10.2. The Morgan fingerprint density at radius 3 is 2.75 bits per heavy atom. The molecule has 1 unspecified atom stereocenters. The van der Waals surface area contributed by atoms with Crippen LogP contribution in [0.4, 0.5) is 18.3 Å². The summed E-state index contributed by atoms with van der Waals surface area (Å²) in [5, 5.41) is 5.16. The van der Waals surface area contributed by atoms with E-state index in [1.807, 2.05) is 0 Å². The van der Waals surface area contributed by atoms with Gasteiger partial charge in [0.15, 0.2) is 5.13 Å². The number of rotatable bonds is 5. The van der Waals surface area contributed by atoms with Crippen LogP contribution in [-0.2, 0) is 9.53 Å². The Morgan fingerprint density at radius 2 is 2.12 bits per heavy atom. The molecule has 0 aliphatic rings. The molecule has 1 amide bonds. The fourth-order valence-electron chi connectivity index (χ4n) is 1.65. The molecule has 2 aromatic rings. The van der Waals surface area contributed by atoms with E-state index in [2.05, 4.69) is 15.0 Å². The number of aromatic nitrogens is 1. The molecule has 0 aliphatic carbocycles. The number of amides is 1. The number of hydrogen-bond acceptors (Lipinski definition) is 4. The summed E-state index contributed by atoms with van der Waals surface area (Å²) in [5.74, 6) is -0.720. The van der Waals surface area contributed by atoms with E-state index in [-0.39, 0.29) is 5.13 Å².